The van der Waals surface area contributed by atoms with Gasteiger partial charge < -0.3 is 9.64 Å². The second-order valence-corrected chi connectivity index (χ2v) is 5.45. The maximum Gasteiger partial charge on any atom is 0.234 e. The SMILES string of the molecule is CC(C)Oc1cncc(N(C)C(C)(C)CBr)n1. The highest BCUT2D eigenvalue weighted by Gasteiger charge is 2.23. The third kappa shape index (κ3) is 3.84. The molecule has 1 rings (SSSR count). The van der Waals surface area contributed by atoms with Crippen molar-refractivity contribution in [3.8, 4) is 5.88 Å². The van der Waals surface area contributed by atoms with Crippen LogP contribution in [0.15, 0.2) is 12.4 Å². The van der Waals surface area contributed by atoms with Gasteiger partial charge in [-0.3, -0.25) is 4.98 Å². The van der Waals surface area contributed by atoms with Crippen molar-refractivity contribution in [2.45, 2.75) is 39.3 Å². The number of aromatic nitrogens is 2. The largest absolute Gasteiger partial charge is 0.474 e. The minimum atomic E-state index is -0.0227. The normalized spacial score (nSPS) is 11.7. The first-order valence-corrected chi connectivity index (χ1v) is 6.77. The van der Waals surface area contributed by atoms with Gasteiger partial charge >= 0.3 is 0 Å². The van der Waals surface area contributed by atoms with E-state index in [1.54, 1.807) is 12.4 Å². The zero-order chi connectivity index (χ0) is 13.1. The summed E-state index contributed by atoms with van der Waals surface area (Å²) in [5, 5.41) is 0.855. The van der Waals surface area contributed by atoms with Gasteiger partial charge in [-0.2, -0.15) is 4.98 Å². The Labute approximate surface area is 112 Å². The van der Waals surface area contributed by atoms with E-state index in [4.69, 9.17) is 4.74 Å². The van der Waals surface area contributed by atoms with E-state index < -0.39 is 0 Å². The van der Waals surface area contributed by atoms with Crippen molar-refractivity contribution in [1.29, 1.82) is 0 Å². The van der Waals surface area contributed by atoms with Crippen LogP contribution in [0.4, 0.5) is 5.82 Å². The molecular formula is C12H20BrN3O. The number of anilines is 1. The van der Waals surface area contributed by atoms with Crippen LogP contribution < -0.4 is 9.64 Å². The fraction of sp³-hybridized carbons (Fsp3) is 0.667. The summed E-state index contributed by atoms with van der Waals surface area (Å²) in [7, 11) is 2.00. The van der Waals surface area contributed by atoms with E-state index >= 15 is 0 Å². The van der Waals surface area contributed by atoms with Crippen LogP contribution in [0.2, 0.25) is 0 Å². The number of rotatable bonds is 5. The van der Waals surface area contributed by atoms with Crippen LogP contribution in [0.25, 0.3) is 0 Å². The van der Waals surface area contributed by atoms with Gasteiger partial charge in [-0.25, -0.2) is 0 Å². The minimum absolute atomic E-state index is 0.0227. The summed E-state index contributed by atoms with van der Waals surface area (Å²) >= 11 is 3.51. The molecule has 0 fully saturated rings. The molecule has 0 spiro atoms. The molecule has 0 bridgehead atoms. The standard InChI is InChI=1S/C12H20BrN3O/c1-9(2)17-11-7-14-6-10(15-11)16(5)12(3,4)8-13/h6-7,9H,8H2,1-5H3. The molecule has 5 heteroatoms. The third-order valence-corrected chi connectivity index (χ3v) is 3.91. The van der Waals surface area contributed by atoms with Crippen LogP contribution in [-0.2, 0) is 0 Å². The fourth-order valence-electron chi connectivity index (χ4n) is 1.20. The second kappa shape index (κ2) is 5.67. The first-order chi connectivity index (χ1) is 7.86. The van der Waals surface area contributed by atoms with Gasteiger partial charge in [0.15, 0.2) is 5.82 Å². The van der Waals surface area contributed by atoms with Gasteiger partial charge in [0.25, 0.3) is 0 Å². The molecule has 1 aromatic rings. The lowest BCUT2D eigenvalue weighted by molar-refractivity contribution is 0.231. The van der Waals surface area contributed by atoms with Crippen molar-refractivity contribution < 1.29 is 4.74 Å². The molecule has 0 atom stereocenters. The van der Waals surface area contributed by atoms with Crippen LogP contribution in [0, 0.1) is 0 Å². The summed E-state index contributed by atoms with van der Waals surface area (Å²) < 4.78 is 5.54. The molecule has 1 aromatic heterocycles. The predicted molar refractivity (Wildman–Crippen MR) is 74.1 cm³/mol. The number of alkyl halides is 1. The Kier molecular flexibility index (Phi) is 4.74. The Morgan fingerprint density at radius 1 is 1.41 bits per heavy atom. The molecular weight excluding hydrogens is 282 g/mol. The summed E-state index contributed by atoms with van der Waals surface area (Å²) in [5.41, 5.74) is -0.0227. The van der Waals surface area contributed by atoms with Crippen molar-refractivity contribution in [3.05, 3.63) is 12.4 Å². The highest BCUT2D eigenvalue weighted by molar-refractivity contribution is 9.09. The Balaban J connectivity index is 2.91. The number of halogens is 1. The van der Waals surface area contributed by atoms with Crippen LogP contribution >= 0.6 is 15.9 Å². The van der Waals surface area contributed by atoms with Gasteiger partial charge in [-0.05, 0) is 27.7 Å². The zero-order valence-corrected chi connectivity index (χ0v) is 12.7. The molecule has 17 heavy (non-hydrogen) atoms. The Morgan fingerprint density at radius 2 is 2.06 bits per heavy atom. The zero-order valence-electron chi connectivity index (χ0n) is 11.1. The van der Waals surface area contributed by atoms with E-state index in [0.29, 0.717) is 5.88 Å². The lowest BCUT2D eigenvalue weighted by Gasteiger charge is -2.34. The van der Waals surface area contributed by atoms with E-state index in [-0.39, 0.29) is 11.6 Å². The first-order valence-electron chi connectivity index (χ1n) is 5.65. The Morgan fingerprint density at radius 3 is 2.59 bits per heavy atom. The average molecular weight is 302 g/mol. The van der Waals surface area contributed by atoms with Gasteiger partial charge in [0, 0.05) is 17.9 Å². The third-order valence-electron chi connectivity index (χ3n) is 2.53. The quantitative estimate of drug-likeness (QED) is 0.784. The molecule has 0 aliphatic carbocycles. The molecule has 0 aliphatic heterocycles. The van der Waals surface area contributed by atoms with Gasteiger partial charge in [0.2, 0.25) is 5.88 Å². The highest BCUT2D eigenvalue weighted by Crippen LogP contribution is 2.23. The summed E-state index contributed by atoms with van der Waals surface area (Å²) in [6.45, 7) is 8.22. The van der Waals surface area contributed by atoms with Crippen LogP contribution in [0.1, 0.15) is 27.7 Å². The number of hydrogen-bond donors (Lipinski definition) is 0. The number of nitrogens with zero attached hydrogens (tertiary/aromatic N) is 3. The highest BCUT2D eigenvalue weighted by atomic mass is 79.9. The van der Waals surface area contributed by atoms with E-state index in [1.165, 1.54) is 0 Å². The van der Waals surface area contributed by atoms with E-state index in [1.807, 2.05) is 20.9 Å². The summed E-state index contributed by atoms with van der Waals surface area (Å²) in [6.07, 6.45) is 3.49. The molecule has 0 aromatic carbocycles. The van der Waals surface area contributed by atoms with Crippen LogP contribution in [0.5, 0.6) is 5.88 Å². The fourth-order valence-corrected chi connectivity index (χ4v) is 1.57. The van der Waals surface area contributed by atoms with E-state index in [2.05, 4.69) is 44.6 Å². The Hall–Kier alpha value is -0.840. The molecule has 0 saturated carbocycles. The molecule has 0 saturated heterocycles. The van der Waals surface area contributed by atoms with Crippen LogP contribution in [0.3, 0.4) is 0 Å². The lowest BCUT2D eigenvalue weighted by atomic mass is 10.1. The molecule has 0 aliphatic rings. The van der Waals surface area contributed by atoms with Crippen molar-refractivity contribution in [2.75, 3.05) is 17.3 Å². The molecule has 0 amide bonds. The van der Waals surface area contributed by atoms with E-state index in [0.717, 1.165) is 11.1 Å². The number of hydrogen-bond acceptors (Lipinski definition) is 4. The predicted octanol–water partition coefficient (Wildman–Crippen LogP) is 2.87. The summed E-state index contributed by atoms with van der Waals surface area (Å²) in [4.78, 5) is 10.7. The first kappa shape index (κ1) is 14.2. The summed E-state index contributed by atoms with van der Waals surface area (Å²) in [5.74, 6) is 1.38. The van der Waals surface area contributed by atoms with Gasteiger partial charge in [0.05, 0.1) is 18.5 Å². The second-order valence-electron chi connectivity index (χ2n) is 4.89. The monoisotopic (exact) mass is 301 g/mol. The van der Waals surface area contributed by atoms with Crippen LogP contribution in [-0.4, -0.2) is 34.0 Å². The van der Waals surface area contributed by atoms with Gasteiger partial charge in [-0.1, -0.05) is 15.9 Å². The van der Waals surface area contributed by atoms with Crippen molar-refractivity contribution in [3.63, 3.8) is 0 Å². The maximum atomic E-state index is 5.54. The van der Waals surface area contributed by atoms with Gasteiger partial charge in [0.1, 0.15) is 0 Å². The average Bonchev–Trinajstić information content (AvgIpc) is 2.27. The molecule has 1 heterocycles. The van der Waals surface area contributed by atoms with Crippen molar-refractivity contribution >= 4 is 21.7 Å². The van der Waals surface area contributed by atoms with E-state index in [9.17, 15) is 0 Å². The number of ether oxygens (including phenoxy) is 1. The Bertz CT molecular complexity index is 369. The minimum Gasteiger partial charge on any atom is -0.474 e. The van der Waals surface area contributed by atoms with Crippen molar-refractivity contribution in [1.82, 2.24) is 9.97 Å². The maximum absolute atomic E-state index is 5.54. The van der Waals surface area contributed by atoms with Gasteiger partial charge in [-0.15, -0.1) is 0 Å². The molecule has 0 unspecified atom stereocenters. The smallest absolute Gasteiger partial charge is 0.234 e. The molecule has 0 radical (unpaired) electrons. The topological polar surface area (TPSA) is 38.2 Å². The molecule has 96 valence electrons. The lowest BCUT2D eigenvalue weighted by Crippen LogP contribution is -2.43. The van der Waals surface area contributed by atoms with Crippen molar-refractivity contribution in [2.24, 2.45) is 0 Å². The summed E-state index contributed by atoms with van der Waals surface area (Å²) in [6, 6.07) is 0. The molecule has 4 nitrogen and oxygen atoms in total. The molecule has 0 N–H and O–H groups in total.